The first-order valence-electron chi connectivity index (χ1n) is 10.9. The molecule has 6 nitrogen and oxygen atoms in total. The number of para-hydroxylation sites is 1. The molecule has 0 radical (unpaired) electrons. The maximum absolute atomic E-state index is 13.6. The molecule has 2 heterocycles. The van der Waals surface area contributed by atoms with E-state index in [2.05, 4.69) is 9.97 Å². The van der Waals surface area contributed by atoms with Crippen molar-refractivity contribution in [1.82, 2.24) is 14.9 Å². The lowest BCUT2D eigenvalue weighted by Gasteiger charge is -2.24. The molecular formula is C26H26N4O2S. The van der Waals surface area contributed by atoms with Crippen molar-refractivity contribution < 1.29 is 9.59 Å². The van der Waals surface area contributed by atoms with E-state index >= 15 is 0 Å². The van der Waals surface area contributed by atoms with Crippen molar-refractivity contribution in [2.45, 2.75) is 32.3 Å². The molecule has 0 aliphatic carbocycles. The van der Waals surface area contributed by atoms with Gasteiger partial charge in [0, 0.05) is 30.2 Å². The van der Waals surface area contributed by atoms with Gasteiger partial charge >= 0.3 is 0 Å². The lowest BCUT2D eigenvalue weighted by Crippen LogP contribution is -2.36. The maximum atomic E-state index is 13.6. The van der Waals surface area contributed by atoms with Crippen molar-refractivity contribution in [3.63, 3.8) is 0 Å². The van der Waals surface area contributed by atoms with Gasteiger partial charge in [-0.25, -0.2) is 9.97 Å². The molecule has 168 valence electrons. The second kappa shape index (κ2) is 10.0. The van der Waals surface area contributed by atoms with Crippen LogP contribution in [0.3, 0.4) is 0 Å². The fraction of sp³-hybridized carbons (Fsp3) is 0.231. The van der Waals surface area contributed by atoms with Gasteiger partial charge in [-0.1, -0.05) is 48.5 Å². The van der Waals surface area contributed by atoms with E-state index in [1.54, 1.807) is 0 Å². The molecule has 0 bridgehead atoms. The van der Waals surface area contributed by atoms with Gasteiger partial charge in [0.1, 0.15) is 10.6 Å². The molecule has 0 spiro atoms. The standard InChI is InChI=1S/C26H26N4O2S/c1-4-29(21-13-9-6-10-14-21)22-23(33-26-27-18(2)17-19(3)28-26)25(32)30(24(22)31)16-15-20-11-7-5-8-12-20/h5-14,17H,4,15-16H2,1-3H3. The zero-order valence-corrected chi connectivity index (χ0v) is 19.8. The van der Waals surface area contributed by atoms with Crippen molar-refractivity contribution in [3.8, 4) is 0 Å². The zero-order chi connectivity index (χ0) is 23.4. The molecule has 2 aromatic carbocycles. The van der Waals surface area contributed by atoms with E-state index < -0.39 is 0 Å². The fourth-order valence-corrected chi connectivity index (χ4v) is 4.92. The summed E-state index contributed by atoms with van der Waals surface area (Å²) < 4.78 is 0. The molecule has 0 saturated heterocycles. The van der Waals surface area contributed by atoms with Crippen LogP contribution in [0.2, 0.25) is 0 Å². The Morgan fingerprint density at radius 1 is 0.879 bits per heavy atom. The molecule has 7 heteroatoms. The monoisotopic (exact) mass is 458 g/mol. The minimum Gasteiger partial charge on any atom is -0.336 e. The van der Waals surface area contributed by atoms with Crippen molar-refractivity contribution in [2.24, 2.45) is 0 Å². The Morgan fingerprint density at radius 2 is 1.48 bits per heavy atom. The van der Waals surface area contributed by atoms with Gasteiger partial charge < -0.3 is 4.90 Å². The first-order valence-corrected chi connectivity index (χ1v) is 11.8. The third kappa shape index (κ3) is 4.98. The smallest absolute Gasteiger partial charge is 0.278 e. The van der Waals surface area contributed by atoms with E-state index in [-0.39, 0.29) is 11.8 Å². The summed E-state index contributed by atoms with van der Waals surface area (Å²) in [6.07, 6.45) is 0.598. The van der Waals surface area contributed by atoms with E-state index in [1.165, 1.54) is 16.7 Å². The molecule has 0 N–H and O–H groups in total. The average molecular weight is 459 g/mol. The molecule has 0 unspecified atom stereocenters. The van der Waals surface area contributed by atoms with Crippen molar-refractivity contribution >= 4 is 29.3 Å². The molecule has 3 aromatic rings. The Hall–Kier alpha value is -3.45. The van der Waals surface area contributed by atoms with E-state index in [4.69, 9.17) is 0 Å². The number of imide groups is 1. The zero-order valence-electron chi connectivity index (χ0n) is 19.0. The Morgan fingerprint density at radius 3 is 2.09 bits per heavy atom. The number of hydrogen-bond acceptors (Lipinski definition) is 6. The third-order valence-electron chi connectivity index (χ3n) is 5.38. The maximum Gasteiger partial charge on any atom is 0.278 e. The van der Waals surface area contributed by atoms with Gasteiger partial charge in [-0.2, -0.15) is 0 Å². The highest BCUT2D eigenvalue weighted by atomic mass is 32.2. The molecule has 0 atom stereocenters. The van der Waals surface area contributed by atoms with Crippen molar-refractivity contribution in [3.05, 3.63) is 94.3 Å². The Labute approximate surface area is 198 Å². The molecule has 0 saturated carbocycles. The number of aromatic nitrogens is 2. The van der Waals surface area contributed by atoms with Crippen LogP contribution in [0.25, 0.3) is 0 Å². The van der Waals surface area contributed by atoms with Crippen LogP contribution in [0.5, 0.6) is 0 Å². The summed E-state index contributed by atoms with van der Waals surface area (Å²) >= 11 is 1.17. The fourth-order valence-electron chi connectivity index (χ4n) is 3.87. The summed E-state index contributed by atoms with van der Waals surface area (Å²) in [5, 5.41) is 0.468. The van der Waals surface area contributed by atoms with Gasteiger partial charge in [0.2, 0.25) is 0 Å². The number of likely N-dealkylation sites (N-methyl/N-ethyl adjacent to an activating group) is 1. The van der Waals surface area contributed by atoms with Gasteiger partial charge in [0.05, 0.1) is 0 Å². The van der Waals surface area contributed by atoms with Crippen LogP contribution in [0, 0.1) is 13.8 Å². The number of nitrogens with zero attached hydrogens (tertiary/aromatic N) is 4. The topological polar surface area (TPSA) is 66.4 Å². The number of anilines is 1. The number of amides is 2. The van der Waals surface area contributed by atoms with Crippen LogP contribution in [0.4, 0.5) is 5.69 Å². The highest BCUT2D eigenvalue weighted by molar-refractivity contribution is 8.04. The number of aryl methyl sites for hydroxylation is 2. The van der Waals surface area contributed by atoms with Crippen LogP contribution < -0.4 is 4.90 Å². The molecular weight excluding hydrogens is 432 g/mol. The first-order chi connectivity index (χ1) is 16.0. The third-order valence-corrected chi connectivity index (χ3v) is 6.32. The normalized spacial score (nSPS) is 13.7. The SMILES string of the molecule is CCN(C1=C(Sc2nc(C)cc(C)n2)C(=O)N(CCc2ccccc2)C1=O)c1ccccc1. The highest BCUT2D eigenvalue weighted by Crippen LogP contribution is 2.37. The van der Waals surface area contributed by atoms with Crippen LogP contribution >= 0.6 is 11.8 Å². The molecule has 1 aliphatic heterocycles. The minimum absolute atomic E-state index is 0.284. The van der Waals surface area contributed by atoms with Gasteiger partial charge in [0.15, 0.2) is 5.16 Å². The van der Waals surface area contributed by atoms with Crippen LogP contribution in [-0.4, -0.2) is 39.8 Å². The summed E-state index contributed by atoms with van der Waals surface area (Å²) in [4.78, 5) is 39.7. The quantitative estimate of drug-likeness (QED) is 0.365. The van der Waals surface area contributed by atoms with Crippen molar-refractivity contribution in [2.75, 3.05) is 18.0 Å². The number of rotatable bonds is 8. The van der Waals surface area contributed by atoms with Crippen LogP contribution in [-0.2, 0) is 16.0 Å². The van der Waals surface area contributed by atoms with E-state index in [1.807, 2.05) is 92.4 Å². The molecule has 4 rings (SSSR count). The predicted octanol–water partition coefficient (Wildman–Crippen LogP) is 4.54. The van der Waals surface area contributed by atoms with Gasteiger partial charge in [0.25, 0.3) is 11.8 Å². The largest absolute Gasteiger partial charge is 0.336 e. The van der Waals surface area contributed by atoms with Crippen LogP contribution in [0.1, 0.15) is 23.9 Å². The summed E-state index contributed by atoms with van der Waals surface area (Å²) in [6.45, 7) is 6.62. The van der Waals surface area contributed by atoms with E-state index in [9.17, 15) is 9.59 Å². The Bertz CT molecular complexity index is 1180. The predicted molar refractivity (Wildman–Crippen MR) is 131 cm³/mol. The lowest BCUT2D eigenvalue weighted by atomic mass is 10.1. The lowest BCUT2D eigenvalue weighted by molar-refractivity contribution is -0.137. The number of carbonyl (C=O) groups excluding carboxylic acids is 2. The molecule has 1 aliphatic rings. The molecule has 0 fully saturated rings. The number of benzene rings is 2. The Balaban J connectivity index is 1.71. The highest BCUT2D eigenvalue weighted by Gasteiger charge is 2.41. The van der Waals surface area contributed by atoms with Crippen molar-refractivity contribution in [1.29, 1.82) is 0 Å². The summed E-state index contributed by atoms with van der Waals surface area (Å²) in [7, 11) is 0. The second-order valence-corrected chi connectivity index (χ2v) is 8.77. The summed E-state index contributed by atoms with van der Waals surface area (Å²) in [5.41, 5.74) is 3.96. The average Bonchev–Trinajstić information content (AvgIpc) is 3.03. The van der Waals surface area contributed by atoms with Gasteiger partial charge in [-0.3, -0.25) is 14.5 Å². The van der Waals surface area contributed by atoms with E-state index in [0.29, 0.717) is 35.3 Å². The molecule has 33 heavy (non-hydrogen) atoms. The molecule has 1 aromatic heterocycles. The second-order valence-electron chi connectivity index (χ2n) is 7.79. The summed E-state index contributed by atoms with van der Waals surface area (Å²) in [6, 6.07) is 21.4. The summed E-state index contributed by atoms with van der Waals surface area (Å²) in [5.74, 6) is -0.582. The number of thioether (sulfide) groups is 1. The molecule has 2 amide bonds. The van der Waals surface area contributed by atoms with Gasteiger partial charge in [-0.05, 0) is 62.7 Å². The first kappa shape index (κ1) is 22.7. The minimum atomic E-state index is -0.298. The Kier molecular flexibility index (Phi) is 6.89. The number of carbonyl (C=O) groups is 2. The van der Waals surface area contributed by atoms with E-state index in [0.717, 1.165) is 22.6 Å². The number of hydrogen-bond donors (Lipinski definition) is 0. The van der Waals surface area contributed by atoms with Crippen LogP contribution in [0.15, 0.2) is 82.5 Å². The van der Waals surface area contributed by atoms with Gasteiger partial charge in [-0.15, -0.1) is 0 Å².